The second-order valence-electron chi connectivity index (χ2n) is 4.93. The first-order chi connectivity index (χ1) is 9.75. The van der Waals surface area contributed by atoms with Gasteiger partial charge in [-0.2, -0.15) is 4.31 Å². The summed E-state index contributed by atoms with van der Waals surface area (Å²) in [5.74, 6) is 0. The van der Waals surface area contributed by atoms with Gasteiger partial charge in [-0.15, -0.1) is 0 Å². The first-order valence-electron chi connectivity index (χ1n) is 6.92. The Morgan fingerprint density at radius 3 is 2.19 bits per heavy atom. The maximum Gasteiger partial charge on any atom is 0.246 e. The van der Waals surface area contributed by atoms with Gasteiger partial charge in [0.05, 0.1) is 10.0 Å². The second-order valence-corrected chi connectivity index (χ2v) is 8.48. The Balaban J connectivity index is 3.35. The summed E-state index contributed by atoms with van der Waals surface area (Å²) in [5.41, 5.74) is 0. The van der Waals surface area contributed by atoms with E-state index in [2.05, 4.69) is 15.9 Å². The van der Waals surface area contributed by atoms with Crippen molar-refractivity contribution in [1.29, 1.82) is 0 Å². The molecule has 0 saturated heterocycles. The Hall–Kier alpha value is 0.190. The third-order valence-corrected chi connectivity index (χ3v) is 6.74. The quantitative estimate of drug-likeness (QED) is 0.600. The van der Waals surface area contributed by atoms with E-state index in [1.165, 1.54) is 4.31 Å². The molecule has 0 heterocycles. The van der Waals surface area contributed by atoms with Crippen molar-refractivity contribution in [2.45, 2.75) is 51.0 Å². The minimum absolute atomic E-state index is 0.00886. The lowest BCUT2D eigenvalue weighted by molar-refractivity contribution is 0.324. The first-order valence-corrected chi connectivity index (χ1v) is 9.90. The minimum atomic E-state index is -3.71. The molecule has 0 spiro atoms. The van der Waals surface area contributed by atoms with Crippen LogP contribution < -0.4 is 0 Å². The molecule has 1 rings (SSSR count). The molecule has 7 heteroatoms. The van der Waals surface area contributed by atoms with Gasteiger partial charge in [-0.25, -0.2) is 8.42 Å². The molecular formula is C14H20BrCl2NO2S. The highest BCUT2D eigenvalue weighted by Gasteiger charge is 2.31. The molecule has 21 heavy (non-hydrogen) atoms. The van der Waals surface area contributed by atoms with Gasteiger partial charge in [-0.05, 0) is 31.9 Å². The van der Waals surface area contributed by atoms with E-state index in [0.29, 0.717) is 11.0 Å². The molecule has 0 aromatic heterocycles. The number of hydrogen-bond donors (Lipinski definition) is 0. The van der Waals surface area contributed by atoms with E-state index in [0.717, 1.165) is 19.3 Å². The largest absolute Gasteiger partial charge is 0.246 e. The number of hydrogen-bond acceptors (Lipinski definition) is 2. The highest BCUT2D eigenvalue weighted by Crippen LogP contribution is 2.35. The molecule has 120 valence electrons. The molecule has 1 unspecified atom stereocenters. The van der Waals surface area contributed by atoms with E-state index < -0.39 is 10.0 Å². The summed E-state index contributed by atoms with van der Waals surface area (Å²) in [7, 11) is -3.71. The van der Waals surface area contributed by atoms with Gasteiger partial charge in [0.2, 0.25) is 10.0 Å². The van der Waals surface area contributed by atoms with Crippen molar-refractivity contribution < 1.29 is 8.42 Å². The normalized spacial score (nSPS) is 13.7. The molecule has 0 N–H and O–H groups in total. The van der Waals surface area contributed by atoms with E-state index in [1.807, 2.05) is 20.8 Å². The number of rotatable bonds is 7. The summed E-state index contributed by atoms with van der Waals surface area (Å²) in [4.78, 5) is -0.00886. The van der Waals surface area contributed by atoms with Crippen LogP contribution in [0.1, 0.15) is 40.0 Å². The molecule has 0 aliphatic carbocycles. The topological polar surface area (TPSA) is 37.4 Å². The summed E-state index contributed by atoms with van der Waals surface area (Å²) < 4.78 is 28.0. The maximum atomic E-state index is 12.9. The Morgan fingerprint density at radius 1 is 1.24 bits per heavy atom. The lowest BCUT2D eigenvalue weighted by Gasteiger charge is -2.28. The molecular weight excluding hydrogens is 397 g/mol. The molecule has 0 saturated carbocycles. The zero-order valence-corrected chi connectivity index (χ0v) is 16.3. The van der Waals surface area contributed by atoms with E-state index in [1.54, 1.807) is 12.1 Å². The molecule has 1 atom stereocenters. The third kappa shape index (κ3) is 4.58. The van der Waals surface area contributed by atoms with Crippen molar-refractivity contribution in [2.75, 3.05) is 6.54 Å². The summed E-state index contributed by atoms with van der Waals surface area (Å²) in [6, 6.07) is 3.00. The number of nitrogens with zero attached hydrogens (tertiary/aromatic N) is 1. The lowest BCUT2D eigenvalue weighted by atomic mass is 10.2. The van der Waals surface area contributed by atoms with Crippen LogP contribution in [0.3, 0.4) is 0 Å². The fourth-order valence-corrected chi connectivity index (χ4v) is 5.62. The monoisotopic (exact) mass is 415 g/mol. The average Bonchev–Trinajstić information content (AvgIpc) is 2.36. The standard InChI is InChI=1S/C14H20BrCl2NO2S/c1-4-6-7-18(10(3)5-2)21(19,20)14-12(16)8-11(15)9-13(14)17/h8-10H,4-7H2,1-3H3. The van der Waals surface area contributed by atoms with Crippen LogP contribution in [0.2, 0.25) is 10.0 Å². The Labute approximate surface area is 145 Å². The van der Waals surface area contributed by atoms with Crippen LogP contribution in [0.25, 0.3) is 0 Å². The van der Waals surface area contributed by atoms with Crippen molar-refractivity contribution in [3.8, 4) is 0 Å². The zero-order valence-electron chi connectivity index (χ0n) is 12.4. The lowest BCUT2D eigenvalue weighted by Crippen LogP contribution is -2.39. The van der Waals surface area contributed by atoms with Crippen molar-refractivity contribution >= 4 is 49.2 Å². The minimum Gasteiger partial charge on any atom is -0.207 e. The average molecular weight is 417 g/mol. The molecule has 0 aliphatic heterocycles. The molecule has 0 fully saturated rings. The smallest absolute Gasteiger partial charge is 0.207 e. The van der Waals surface area contributed by atoms with E-state index in [4.69, 9.17) is 23.2 Å². The van der Waals surface area contributed by atoms with Gasteiger partial charge < -0.3 is 0 Å². The fourth-order valence-electron chi connectivity index (χ4n) is 1.99. The second kappa shape index (κ2) is 8.16. The number of benzene rings is 1. The highest BCUT2D eigenvalue weighted by atomic mass is 79.9. The van der Waals surface area contributed by atoms with E-state index in [-0.39, 0.29) is 21.0 Å². The van der Waals surface area contributed by atoms with Gasteiger partial charge in [-0.1, -0.05) is 59.4 Å². The van der Waals surface area contributed by atoms with Crippen molar-refractivity contribution in [3.05, 3.63) is 26.7 Å². The fraction of sp³-hybridized carbons (Fsp3) is 0.571. The van der Waals surface area contributed by atoms with Crippen molar-refractivity contribution in [1.82, 2.24) is 4.31 Å². The van der Waals surface area contributed by atoms with Crippen LogP contribution >= 0.6 is 39.1 Å². The molecule has 1 aromatic carbocycles. The van der Waals surface area contributed by atoms with Crippen molar-refractivity contribution in [2.24, 2.45) is 0 Å². The summed E-state index contributed by atoms with van der Waals surface area (Å²) >= 11 is 15.5. The summed E-state index contributed by atoms with van der Waals surface area (Å²) in [6.07, 6.45) is 2.45. The molecule has 0 radical (unpaired) electrons. The highest BCUT2D eigenvalue weighted by molar-refractivity contribution is 9.10. The third-order valence-electron chi connectivity index (χ3n) is 3.34. The number of sulfonamides is 1. The van der Waals surface area contributed by atoms with Crippen LogP contribution in [0.4, 0.5) is 0 Å². The number of halogens is 3. The number of unbranched alkanes of at least 4 members (excludes halogenated alkanes) is 1. The van der Waals surface area contributed by atoms with Gasteiger partial charge in [0.25, 0.3) is 0 Å². The van der Waals surface area contributed by atoms with Gasteiger partial charge in [-0.3, -0.25) is 0 Å². The molecule has 0 amide bonds. The predicted octanol–water partition coefficient (Wildman–Crippen LogP) is 5.35. The summed E-state index contributed by atoms with van der Waals surface area (Å²) in [6.45, 7) is 6.36. The van der Waals surface area contributed by atoms with Crippen molar-refractivity contribution in [3.63, 3.8) is 0 Å². The van der Waals surface area contributed by atoms with Crippen LogP contribution in [0.5, 0.6) is 0 Å². The van der Waals surface area contributed by atoms with Crippen LogP contribution in [0, 0.1) is 0 Å². The molecule has 1 aromatic rings. The van der Waals surface area contributed by atoms with E-state index in [9.17, 15) is 8.42 Å². The van der Waals surface area contributed by atoms with Crippen LogP contribution in [0.15, 0.2) is 21.5 Å². The molecule has 0 bridgehead atoms. The van der Waals surface area contributed by atoms with Crippen LogP contribution in [-0.4, -0.2) is 25.3 Å². The van der Waals surface area contributed by atoms with E-state index >= 15 is 0 Å². The molecule has 3 nitrogen and oxygen atoms in total. The maximum absolute atomic E-state index is 12.9. The molecule has 0 aliphatic rings. The van der Waals surface area contributed by atoms with Gasteiger partial charge >= 0.3 is 0 Å². The SMILES string of the molecule is CCCCN(C(C)CC)S(=O)(=O)c1c(Cl)cc(Br)cc1Cl. The Morgan fingerprint density at radius 2 is 1.76 bits per heavy atom. The van der Waals surface area contributed by atoms with Crippen LogP contribution in [-0.2, 0) is 10.0 Å². The van der Waals surface area contributed by atoms with Gasteiger partial charge in [0, 0.05) is 17.1 Å². The zero-order chi connectivity index (χ0) is 16.2. The summed E-state index contributed by atoms with van der Waals surface area (Å²) in [5, 5.41) is 0.276. The predicted molar refractivity (Wildman–Crippen MR) is 92.7 cm³/mol. The Bertz CT molecular complexity index is 570. The Kier molecular flexibility index (Phi) is 7.47. The van der Waals surface area contributed by atoms with Gasteiger partial charge in [0.15, 0.2) is 0 Å². The first kappa shape index (κ1) is 19.2. The van der Waals surface area contributed by atoms with Gasteiger partial charge in [0.1, 0.15) is 4.90 Å².